The first-order valence-corrected chi connectivity index (χ1v) is 22.8. The summed E-state index contributed by atoms with van der Waals surface area (Å²) in [6.07, 6.45) is 0.926. The molecule has 0 saturated heterocycles. The van der Waals surface area contributed by atoms with E-state index in [1.54, 1.807) is 26.0 Å². The average molecular weight is 1160 g/mol. The number of ether oxygens (including phenoxy) is 8. The lowest BCUT2D eigenvalue weighted by molar-refractivity contribution is -0.187. The van der Waals surface area contributed by atoms with Gasteiger partial charge >= 0.3 is 35.8 Å². The quantitative estimate of drug-likeness (QED) is 0.0381. The summed E-state index contributed by atoms with van der Waals surface area (Å²) in [7, 11) is 0. The Bertz CT molecular complexity index is 1860. The first-order valence-electron chi connectivity index (χ1n) is 19.6. The van der Waals surface area contributed by atoms with Crippen LogP contribution in [0.15, 0.2) is 12.2 Å². The maximum absolute atomic E-state index is 14.0. The van der Waals surface area contributed by atoms with Crippen molar-refractivity contribution in [2.75, 3.05) is 46.2 Å². The van der Waals surface area contributed by atoms with Crippen molar-refractivity contribution < 1.29 is 82.0 Å². The molecule has 0 amide bonds. The van der Waals surface area contributed by atoms with Crippen LogP contribution in [0, 0.1) is 16.2 Å². The van der Waals surface area contributed by atoms with Crippen LogP contribution >= 0.6 is 63.7 Å². The molecule has 18 nitrogen and oxygen atoms in total. The fourth-order valence-corrected chi connectivity index (χ4v) is 5.99. The number of esters is 6. The maximum Gasteiger partial charge on any atom is 0.322 e. The van der Waals surface area contributed by atoms with Crippen LogP contribution < -0.4 is 0 Å². The molecule has 0 spiro atoms. The van der Waals surface area contributed by atoms with Crippen LogP contribution in [0.3, 0.4) is 0 Å². The predicted molar refractivity (Wildman–Crippen MR) is 238 cm³/mol. The molecule has 2 aliphatic heterocycles. The second kappa shape index (κ2) is 20.4. The van der Waals surface area contributed by atoms with E-state index >= 15 is 0 Å². The number of aliphatic hydroxyl groups excluding tert-OH is 1. The summed E-state index contributed by atoms with van der Waals surface area (Å²) in [5, 5.41) is 32.4. The third-order valence-corrected chi connectivity index (χ3v) is 11.2. The normalized spacial score (nSPS) is 18.7. The molecule has 3 N–H and O–H groups in total. The maximum atomic E-state index is 14.0. The van der Waals surface area contributed by atoms with E-state index in [4.69, 9.17) is 37.9 Å². The number of alkyl halides is 4. The molecule has 0 saturated carbocycles. The Labute approximate surface area is 399 Å². The number of rotatable bonds is 23. The summed E-state index contributed by atoms with van der Waals surface area (Å²) in [6, 6.07) is 0. The monoisotopic (exact) mass is 1150 g/mol. The smallest absolute Gasteiger partial charge is 0.322 e. The Morgan fingerprint density at radius 2 is 0.857 bits per heavy atom. The molecule has 2 aliphatic rings. The number of carbonyl (C=O) groups is 6. The second-order valence-corrected chi connectivity index (χ2v) is 26.3. The number of hydrogen-bond donors (Lipinski definition) is 3. The zero-order chi connectivity index (χ0) is 48.3. The molecule has 63 heavy (non-hydrogen) atoms. The Morgan fingerprint density at radius 3 is 1.17 bits per heavy atom. The Kier molecular flexibility index (Phi) is 17.7. The van der Waals surface area contributed by atoms with Crippen molar-refractivity contribution in [3.63, 3.8) is 0 Å². The summed E-state index contributed by atoms with van der Waals surface area (Å²) < 4.78 is 41.2. The highest BCUT2D eigenvalue weighted by Gasteiger charge is 2.47. The number of aromatic hydroxyl groups is 2. The summed E-state index contributed by atoms with van der Waals surface area (Å²) in [5.41, 5.74) is -4.84. The van der Waals surface area contributed by atoms with E-state index in [-0.39, 0.29) is 18.3 Å². The number of hydrogen-bond acceptors (Lipinski definition) is 17. The van der Waals surface area contributed by atoms with E-state index in [0.717, 1.165) is 4.57 Å². The van der Waals surface area contributed by atoms with Gasteiger partial charge < -0.3 is 53.2 Å². The zero-order valence-electron chi connectivity index (χ0n) is 37.1. The van der Waals surface area contributed by atoms with Crippen LogP contribution in [0.5, 0.6) is 11.8 Å². The first-order chi connectivity index (χ1) is 28.6. The molecule has 3 heterocycles. The molecule has 5 unspecified atom stereocenters. The summed E-state index contributed by atoms with van der Waals surface area (Å²) >= 11 is 12.9. The molecule has 5 atom stereocenters. The van der Waals surface area contributed by atoms with Gasteiger partial charge in [0, 0.05) is 0 Å². The summed E-state index contributed by atoms with van der Waals surface area (Å²) in [5.74, 6) is -5.99. The van der Waals surface area contributed by atoms with Crippen LogP contribution in [-0.2, 0) is 73.2 Å². The highest BCUT2D eigenvalue weighted by Crippen LogP contribution is 2.54. The molecular weight excluding hydrogens is 1100 g/mol. The lowest BCUT2D eigenvalue weighted by atomic mass is 9.90. The predicted octanol–water partition coefficient (Wildman–Crippen LogP) is 5.89. The van der Waals surface area contributed by atoms with E-state index in [1.165, 1.54) is 62.3 Å². The second-order valence-electron chi connectivity index (χ2n) is 18.3. The molecular formula is C41H57Br4NO17. The van der Waals surface area contributed by atoms with Gasteiger partial charge in [-0.05, 0) is 76.2 Å². The highest BCUT2D eigenvalue weighted by atomic mass is 79.9. The van der Waals surface area contributed by atoms with Crippen molar-refractivity contribution >= 4 is 99.5 Å². The van der Waals surface area contributed by atoms with Crippen molar-refractivity contribution in [1.29, 1.82) is 0 Å². The third-order valence-electron chi connectivity index (χ3n) is 9.85. The van der Waals surface area contributed by atoms with E-state index in [2.05, 4.69) is 63.7 Å². The summed E-state index contributed by atoms with van der Waals surface area (Å²) in [4.78, 5) is 80.1. The molecule has 0 radical (unpaired) electrons. The first kappa shape index (κ1) is 54.6. The van der Waals surface area contributed by atoms with Gasteiger partial charge in [0.1, 0.15) is 81.1 Å². The standard InChI is InChI=1S/C41H57Br4NO17/c1-35(2,42)28(49)57-16-40(10,17-58-29(50)36(3,4)43)33(54)61-20-39(9,32(53)56-15-14-46-26(47)24-22-12-13-23(63-22)25(24)27(46)48)21-62-34(55)41(11,18-59-30(51)37(5,6)44)19-60-31(52)38(7,8)45/h12-13,22-23,28,47-49H,14-21H2,1-11H3. The molecule has 0 fully saturated rings. The zero-order valence-corrected chi connectivity index (χ0v) is 43.4. The van der Waals surface area contributed by atoms with Crippen molar-refractivity contribution in [2.45, 2.75) is 119 Å². The number of halogens is 4. The molecule has 2 bridgehead atoms. The molecule has 0 aromatic carbocycles. The Hall–Kier alpha value is -2.76. The van der Waals surface area contributed by atoms with Crippen LogP contribution in [-0.4, -0.2) is 126 Å². The van der Waals surface area contributed by atoms with Crippen LogP contribution in [0.25, 0.3) is 0 Å². The van der Waals surface area contributed by atoms with Crippen molar-refractivity contribution in [1.82, 2.24) is 4.57 Å². The van der Waals surface area contributed by atoms with Crippen LogP contribution in [0.1, 0.15) is 99.5 Å². The number of fused-ring (bicyclic) bond motifs is 5. The van der Waals surface area contributed by atoms with Crippen LogP contribution in [0.4, 0.5) is 0 Å². The largest absolute Gasteiger partial charge is 0.494 e. The van der Waals surface area contributed by atoms with Gasteiger partial charge in [-0.3, -0.25) is 33.3 Å². The van der Waals surface area contributed by atoms with Crippen molar-refractivity contribution in [2.24, 2.45) is 16.2 Å². The van der Waals surface area contributed by atoms with E-state index in [0.29, 0.717) is 11.1 Å². The van der Waals surface area contributed by atoms with Gasteiger partial charge in [0.15, 0.2) is 6.29 Å². The molecule has 3 rings (SSSR count). The molecule has 1 aromatic heterocycles. The SMILES string of the molecule is CC(C)(Br)C(=O)OCC(C)(COC(=O)C(C)(C)Br)C(=O)OCC(C)(COC(=O)C(C)(COC(=O)C(C)(C)Br)COC(O)C(C)(C)Br)C(=O)OCCn1c(O)c2c(c1O)C1C=CC2O1. The van der Waals surface area contributed by atoms with Gasteiger partial charge in [-0.1, -0.05) is 75.9 Å². The van der Waals surface area contributed by atoms with Gasteiger partial charge in [-0.2, -0.15) is 0 Å². The Balaban J connectivity index is 1.92. The van der Waals surface area contributed by atoms with Gasteiger partial charge in [-0.15, -0.1) is 0 Å². The third kappa shape index (κ3) is 13.9. The minimum absolute atomic E-state index is 0.231. The van der Waals surface area contributed by atoms with Crippen molar-refractivity contribution in [3.05, 3.63) is 23.3 Å². The van der Waals surface area contributed by atoms with Gasteiger partial charge in [0.25, 0.3) is 0 Å². The lowest BCUT2D eigenvalue weighted by Gasteiger charge is -2.33. The van der Waals surface area contributed by atoms with Crippen molar-refractivity contribution in [3.8, 4) is 11.8 Å². The van der Waals surface area contributed by atoms with E-state index in [9.17, 15) is 44.1 Å². The Morgan fingerprint density at radius 1 is 0.556 bits per heavy atom. The molecule has 0 aliphatic carbocycles. The molecule has 356 valence electrons. The van der Waals surface area contributed by atoms with Gasteiger partial charge in [0.2, 0.25) is 11.8 Å². The van der Waals surface area contributed by atoms with E-state index < -0.39 is 134 Å². The minimum atomic E-state index is -2.00. The number of aromatic nitrogens is 1. The molecule has 22 heteroatoms. The molecule has 1 aromatic rings. The topological polar surface area (TPSA) is 242 Å². The number of nitrogens with zero attached hydrogens (tertiary/aromatic N) is 1. The van der Waals surface area contributed by atoms with E-state index in [1.807, 2.05) is 0 Å². The fraction of sp³-hybridized carbons (Fsp3) is 0.707. The van der Waals surface area contributed by atoms with Crippen LogP contribution in [0.2, 0.25) is 0 Å². The highest BCUT2D eigenvalue weighted by molar-refractivity contribution is 9.10. The number of carbonyl (C=O) groups excluding carboxylic acids is 6. The lowest BCUT2D eigenvalue weighted by Crippen LogP contribution is -2.48. The fourth-order valence-electron chi connectivity index (χ4n) is 5.51. The minimum Gasteiger partial charge on any atom is -0.494 e. The van der Waals surface area contributed by atoms with Gasteiger partial charge in [0.05, 0.1) is 28.6 Å². The average Bonchev–Trinajstić information content (AvgIpc) is 3.86. The summed E-state index contributed by atoms with van der Waals surface area (Å²) in [6.45, 7) is 11.6. The number of aliphatic hydroxyl groups is 1. The van der Waals surface area contributed by atoms with Gasteiger partial charge in [-0.25, -0.2) is 0 Å².